The lowest BCUT2D eigenvalue weighted by Crippen LogP contribution is -2.12. The van der Waals surface area contributed by atoms with E-state index in [1.165, 1.54) is 12.1 Å². The van der Waals surface area contributed by atoms with E-state index < -0.39 is 10.0 Å². The minimum absolute atomic E-state index is 0.0753. The number of aryl methyl sites for hydroxylation is 2. The number of hydrogen-bond acceptors (Lipinski definition) is 4. The first-order valence-corrected chi connectivity index (χ1v) is 9.01. The number of primary sulfonamides is 1. The Balaban J connectivity index is 1.92. The SMILES string of the molecule is Cc1cc(C)c2cccc(OCc3cccc(S(N)(=O)=O)c3)c2n1. The molecule has 0 aliphatic carbocycles. The summed E-state index contributed by atoms with van der Waals surface area (Å²) in [5, 5.41) is 6.20. The molecule has 0 saturated carbocycles. The molecular formula is C18H18N2O3S. The molecule has 2 N–H and O–H groups in total. The van der Waals surface area contributed by atoms with Crippen molar-refractivity contribution in [3.63, 3.8) is 0 Å². The van der Waals surface area contributed by atoms with Crippen LogP contribution in [-0.4, -0.2) is 13.4 Å². The molecule has 5 nitrogen and oxygen atoms in total. The Hall–Kier alpha value is -2.44. The van der Waals surface area contributed by atoms with E-state index in [-0.39, 0.29) is 11.5 Å². The minimum Gasteiger partial charge on any atom is -0.487 e. The van der Waals surface area contributed by atoms with E-state index in [0.29, 0.717) is 5.75 Å². The number of pyridine rings is 1. The van der Waals surface area contributed by atoms with Crippen molar-refractivity contribution < 1.29 is 13.2 Å². The highest BCUT2D eigenvalue weighted by Gasteiger charge is 2.10. The van der Waals surface area contributed by atoms with Gasteiger partial charge in [0.05, 0.1) is 4.90 Å². The maximum absolute atomic E-state index is 11.4. The number of nitrogens with zero attached hydrogens (tertiary/aromatic N) is 1. The molecule has 0 unspecified atom stereocenters. The number of benzene rings is 2. The predicted molar refractivity (Wildman–Crippen MR) is 93.4 cm³/mol. The maximum Gasteiger partial charge on any atom is 0.238 e. The van der Waals surface area contributed by atoms with Crippen LogP contribution in [0.15, 0.2) is 53.4 Å². The summed E-state index contributed by atoms with van der Waals surface area (Å²) in [6.45, 7) is 4.21. The van der Waals surface area contributed by atoms with Crippen molar-refractivity contribution in [2.24, 2.45) is 5.14 Å². The predicted octanol–water partition coefficient (Wildman–Crippen LogP) is 3.08. The van der Waals surface area contributed by atoms with Crippen LogP contribution >= 0.6 is 0 Å². The molecule has 6 heteroatoms. The number of sulfonamides is 1. The molecule has 0 radical (unpaired) electrons. The number of nitrogens with two attached hydrogens (primary N) is 1. The van der Waals surface area contributed by atoms with Gasteiger partial charge in [-0.05, 0) is 49.2 Å². The second kappa shape index (κ2) is 6.22. The van der Waals surface area contributed by atoms with E-state index >= 15 is 0 Å². The van der Waals surface area contributed by atoms with Crippen molar-refractivity contribution in [3.8, 4) is 5.75 Å². The van der Waals surface area contributed by atoms with Gasteiger partial charge in [-0.1, -0.05) is 24.3 Å². The van der Waals surface area contributed by atoms with E-state index in [1.807, 2.05) is 38.1 Å². The summed E-state index contributed by atoms with van der Waals surface area (Å²) in [4.78, 5) is 4.64. The first kappa shape index (κ1) is 16.4. The van der Waals surface area contributed by atoms with Crippen LogP contribution in [0.2, 0.25) is 0 Å². The van der Waals surface area contributed by atoms with Crippen LogP contribution in [0.4, 0.5) is 0 Å². The maximum atomic E-state index is 11.4. The molecule has 124 valence electrons. The summed E-state index contributed by atoms with van der Waals surface area (Å²) < 4.78 is 28.8. The first-order valence-electron chi connectivity index (χ1n) is 7.46. The third kappa shape index (κ3) is 3.39. The number of ether oxygens (including phenoxy) is 1. The molecule has 0 saturated heterocycles. The number of hydrogen-bond donors (Lipinski definition) is 1. The summed E-state index contributed by atoms with van der Waals surface area (Å²) in [5.74, 6) is 0.667. The molecule has 1 heterocycles. The normalized spacial score (nSPS) is 11.6. The van der Waals surface area contributed by atoms with E-state index in [9.17, 15) is 8.42 Å². The third-order valence-corrected chi connectivity index (χ3v) is 4.67. The Labute approximate surface area is 141 Å². The van der Waals surface area contributed by atoms with Gasteiger partial charge in [0.15, 0.2) is 0 Å². The Morgan fingerprint density at radius 1 is 1.08 bits per heavy atom. The smallest absolute Gasteiger partial charge is 0.238 e. The van der Waals surface area contributed by atoms with Crippen molar-refractivity contribution in [1.29, 1.82) is 0 Å². The van der Waals surface area contributed by atoms with Crippen LogP contribution in [0.5, 0.6) is 5.75 Å². The number of rotatable bonds is 4. The molecule has 0 aliphatic rings. The molecular weight excluding hydrogens is 324 g/mol. The van der Waals surface area contributed by atoms with Gasteiger partial charge in [0.2, 0.25) is 10.0 Å². The highest BCUT2D eigenvalue weighted by Crippen LogP contribution is 2.27. The van der Waals surface area contributed by atoms with Gasteiger partial charge in [0.1, 0.15) is 17.9 Å². The molecule has 0 aliphatic heterocycles. The van der Waals surface area contributed by atoms with Gasteiger partial charge >= 0.3 is 0 Å². The van der Waals surface area contributed by atoms with Crippen LogP contribution < -0.4 is 9.88 Å². The van der Waals surface area contributed by atoms with Crippen molar-refractivity contribution in [2.75, 3.05) is 0 Å². The van der Waals surface area contributed by atoms with Gasteiger partial charge in [0, 0.05) is 11.1 Å². The average molecular weight is 342 g/mol. The van der Waals surface area contributed by atoms with Gasteiger partial charge < -0.3 is 4.74 Å². The molecule has 24 heavy (non-hydrogen) atoms. The molecule has 0 fully saturated rings. The summed E-state index contributed by atoms with van der Waals surface area (Å²) in [5.41, 5.74) is 3.59. The monoisotopic (exact) mass is 342 g/mol. The van der Waals surface area contributed by atoms with Crippen LogP contribution in [0.25, 0.3) is 10.9 Å². The van der Waals surface area contributed by atoms with Crippen molar-refractivity contribution in [2.45, 2.75) is 25.3 Å². The van der Waals surface area contributed by atoms with Gasteiger partial charge in [-0.2, -0.15) is 0 Å². The van der Waals surface area contributed by atoms with Crippen molar-refractivity contribution in [1.82, 2.24) is 4.98 Å². The van der Waals surface area contributed by atoms with Crippen LogP contribution in [0, 0.1) is 13.8 Å². The molecule has 0 bridgehead atoms. The Morgan fingerprint density at radius 2 is 1.83 bits per heavy atom. The number of aromatic nitrogens is 1. The van der Waals surface area contributed by atoms with Crippen LogP contribution in [0.3, 0.4) is 0 Å². The van der Waals surface area contributed by atoms with Crippen LogP contribution in [-0.2, 0) is 16.6 Å². The Bertz CT molecular complexity index is 1010. The third-order valence-electron chi connectivity index (χ3n) is 3.76. The number of para-hydroxylation sites is 1. The lowest BCUT2D eigenvalue weighted by Gasteiger charge is -2.11. The van der Waals surface area contributed by atoms with E-state index in [4.69, 9.17) is 9.88 Å². The lowest BCUT2D eigenvalue weighted by atomic mass is 10.1. The second-order valence-electron chi connectivity index (χ2n) is 5.71. The zero-order valence-corrected chi connectivity index (χ0v) is 14.3. The standard InChI is InChI=1S/C18H18N2O3S/c1-12-9-13(2)20-18-16(12)7-4-8-17(18)23-11-14-5-3-6-15(10-14)24(19,21)22/h3-10H,11H2,1-2H3,(H2,19,21,22). The number of fused-ring (bicyclic) bond motifs is 1. The Kier molecular flexibility index (Phi) is 4.26. The second-order valence-corrected chi connectivity index (χ2v) is 7.28. The zero-order valence-electron chi connectivity index (χ0n) is 13.5. The van der Waals surface area contributed by atoms with Gasteiger partial charge in [-0.3, -0.25) is 0 Å². The fourth-order valence-electron chi connectivity index (χ4n) is 2.65. The quantitative estimate of drug-likeness (QED) is 0.790. The summed E-state index contributed by atoms with van der Waals surface area (Å²) in [7, 11) is -3.72. The highest BCUT2D eigenvalue weighted by atomic mass is 32.2. The van der Waals surface area contributed by atoms with Crippen molar-refractivity contribution >= 4 is 20.9 Å². The molecule has 0 amide bonds. The fourth-order valence-corrected chi connectivity index (χ4v) is 3.23. The molecule has 3 rings (SSSR count). The van der Waals surface area contributed by atoms with E-state index in [0.717, 1.165) is 27.7 Å². The first-order chi connectivity index (χ1) is 11.3. The lowest BCUT2D eigenvalue weighted by molar-refractivity contribution is 0.309. The largest absolute Gasteiger partial charge is 0.487 e. The topological polar surface area (TPSA) is 82.3 Å². The Morgan fingerprint density at radius 3 is 2.58 bits per heavy atom. The average Bonchev–Trinajstić information content (AvgIpc) is 2.52. The molecule has 3 aromatic rings. The molecule has 2 aromatic carbocycles. The van der Waals surface area contributed by atoms with E-state index in [1.54, 1.807) is 12.1 Å². The summed E-state index contributed by atoms with van der Waals surface area (Å²) in [6.07, 6.45) is 0. The molecule has 0 spiro atoms. The van der Waals surface area contributed by atoms with Crippen LogP contribution in [0.1, 0.15) is 16.8 Å². The minimum atomic E-state index is -3.72. The summed E-state index contributed by atoms with van der Waals surface area (Å²) >= 11 is 0. The van der Waals surface area contributed by atoms with E-state index in [2.05, 4.69) is 4.98 Å². The van der Waals surface area contributed by atoms with Gasteiger partial charge in [-0.25, -0.2) is 18.5 Å². The zero-order chi connectivity index (χ0) is 17.3. The van der Waals surface area contributed by atoms with Crippen molar-refractivity contribution in [3.05, 3.63) is 65.4 Å². The summed E-state index contributed by atoms with van der Waals surface area (Å²) in [6, 6.07) is 14.2. The van der Waals surface area contributed by atoms with Gasteiger partial charge in [-0.15, -0.1) is 0 Å². The fraction of sp³-hybridized carbons (Fsp3) is 0.167. The highest BCUT2D eigenvalue weighted by molar-refractivity contribution is 7.89. The molecule has 1 aromatic heterocycles. The molecule has 0 atom stereocenters. The van der Waals surface area contributed by atoms with Gasteiger partial charge in [0.25, 0.3) is 0 Å².